The van der Waals surface area contributed by atoms with Gasteiger partial charge in [-0.25, -0.2) is 0 Å². The summed E-state index contributed by atoms with van der Waals surface area (Å²) >= 11 is 3.34. The summed E-state index contributed by atoms with van der Waals surface area (Å²) < 4.78 is 6.38. The molecule has 4 heteroatoms. The molecule has 3 nitrogen and oxygen atoms in total. The van der Waals surface area contributed by atoms with Gasteiger partial charge in [0, 0.05) is 10.9 Å². The molecule has 1 amide bonds. The fourth-order valence-corrected chi connectivity index (χ4v) is 1.37. The van der Waals surface area contributed by atoms with Crippen LogP contribution in [0.5, 0.6) is 5.75 Å². The molecule has 1 rings (SSSR count). The van der Waals surface area contributed by atoms with Gasteiger partial charge in [0.05, 0.1) is 6.61 Å². The second-order valence-corrected chi connectivity index (χ2v) is 3.79. The number of halogens is 1. The van der Waals surface area contributed by atoms with Crippen molar-refractivity contribution in [1.29, 1.82) is 0 Å². The van der Waals surface area contributed by atoms with E-state index in [9.17, 15) is 4.79 Å². The molecule has 0 radical (unpaired) electrons. The molecular weight excluding hydrogens is 246 g/mol. The van der Waals surface area contributed by atoms with Gasteiger partial charge in [-0.05, 0) is 24.6 Å². The van der Waals surface area contributed by atoms with E-state index in [-0.39, 0.29) is 5.91 Å². The number of ether oxygens (including phenoxy) is 1. The van der Waals surface area contributed by atoms with Crippen LogP contribution in [0.25, 0.3) is 0 Å². The minimum Gasteiger partial charge on any atom is -0.494 e. The summed E-state index contributed by atoms with van der Waals surface area (Å²) in [6, 6.07) is 7.57. The maximum atomic E-state index is 10.4. The predicted molar refractivity (Wildman–Crippen MR) is 58.1 cm³/mol. The molecule has 0 heterocycles. The smallest absolute Gasteiger partial charge is 0.217 e. The molecule has 0 saturated heterocycles. The molecule has 0 aliphatic carbocycles. The van der Waals surface area contributed by atoms with E-state index in [0.717, 1.165) is 10.2 Å². The van der Waals surface area contributed by atoms with Crippen LogP contribution in [0.1, 0.15) is 12.8 Å². The number of hydrogen-bond acceptors (Lipinski definition) is 2. The van der Waals surface area contributed by atoms with Crippen molar-refractivity contribution >= 4 is 21.8 Å². The van der Waals surface area contributed by atoms with E-state index in [1.165, 1.54) is 0 Å². The van der Waals surface area contributed by atoms with E-state index in [2.05, 4.69) is 15.9 Å². The summed E-state index contributed by atoms with van der Waals surface area (Å²) in [6.07, 6.45) is 1.02. The first kappa shape index (κ1) is 11.0. The van der Waals surface area contributed by atoms with Crippen LogP contribution >= 0.6 is 15.9 Å². The van der Waals surface area contributed by atoms with Crippen molar-refractivity contribution in [1.82, 2.24) is 0 Å². The Morgan fingerprint density at radius 3 is 2.93 bits per heavy atom. The third kappa shape index (κ3) is 4.28. The fraction of sp³-hybridized carbons (Fsp3) is 0.300. The first-order valence-corrected chi connectivity index (χ1v) is 5.14. The van der Waals surface area contributed by atoms with Crippen LogP contribution in [-0.4, -0.2) is 12.5 Å². The second-order valence-electron chi connectivity index (χ2n) is 2.88. The Hall–Kier alpha value is -1.03. The topological polar surface area (TPSA) is 52.3 Å². The molecule has 14 heavy (non-hydrogen) atoms. The molecule has 0 fully saturated rings. The summed E-state index contributed by atoms with van der Waals surface area (Å²) in [5.41, 5.74) is 4.99. The maximum Gasteiger partial charge on any atom is 0.217 e. The average molecular weight is 258 g/mol. The molecular formula is C10H12BrNO2. The number of rotatable bonds is 5. The lowest BCUT2D eigenvalue weighted by Gasteiger charge is -2.04. The van der Waals surface area contributed by atoms with Crippen LogP contribution < -0.4 is 10.5 Å². The minimum absolute atomic E-state index is 0.289. The zero-order valence-electron chi connectivity index (χ0n) is 7.70. The van der Waals surface area contributed by atoms with E-state index >= 15 is 0 Å². The largest absolute Gasteiger partial charge is 0.494 e. The molecule has 0 saturated carbocycles. The molecule has 0 aromatic heterocycles. The molecule has 2 N–H and O–H groups in total. The third-order valence-corrected chi connectivity index (χ3v) is 2.13. The van der Waals surface area contributed by atoms with E-state index in [1.807, 2.05) is 24.3 Å². The van der Waals surface area contributed by atoms with Crippen molar-refractivity contribution in [2.24, 2.45) is 5.73 Å². The molecule has 0 bridgehead atoms. The lowest BCUT2D eigenvalue weighted by atomic mass is 10.3. The van der Waals surface area contributed by atoms with Gasteiger partial charge in [-0.3, -0.25) is 4.79 Å². The van der Waals surface area contributed by atoms with E-state index in [1.54, 1.807) is 0 Å². The highest BCUT2D eigenvalue weighted by molar-refractivity contribution is 9.10. The van der Waals surface area contributed by atoms with Crippen molar-refractivity contribution in [2.75, 3.05) is 6.61 Å². The highest BCUT2D eigenvalue weighted by Crippen LogP contribution is 2.17. The van der Waals surface area contributed by atoms with Crippen molar-refractivity contribution in [2.45, 2.75) is 12.8 Å². The SMILES string of the molecule is NC(=O)CCCOc1cccc(Br)c1. The lowest BCUT2D eigenvalue weighted by molar-refractivity contribution is -0.118. The lowest BCUT2D eigenvalue weighted by Crippen LogP contribution is -2.11. The molecule has 0 spiro atoms. The normalized spacial score (nSPS) is 9.79. The van der Waals surface area contributed by atoms with Crippen LogP contribution in [-0.2, 0) is 4.79 Å². The van der Waals surface area contributed by atoms with Crippen molar-refractivity contribution in [3.63, 3.8) is 0 Å². The maximum absolute atomic E-state index is 10.4. The van der Waals surface area contributed by atoms with Crippen LogP contribution in [0.3, 0.4) is 0 Å². The van der Waals surface area contributed by atoms with Crippen LogP contribution in [0.2, 0.25) is 0 Å². The Labute approximate surface area is 91.4 Å². The van der Waals surface area contributed by atoms with Gasteiger partial charge in [-0.15, -0.1) is 0 Å². The first-order chi connectivity index (χ1) is 6.68. The number of carbonyl (C=O) groups is 1. The summed E-state index contributed by atoms with van der Waals surface area (Å²) in [6.45, 7) is 0.513. The van der Waals surface area contributed by atoms with Gasteiger partial charge in [0.15, 0.2) is 0 Å². The highest BCUT2D eigenvalue weighted by Gasteiger charge is 1.96. The molecule has 1 aromatic carbocycles. The number of hydrogen-bond donors (Lipinski definition) is 1. The monoisotopic (exact) mass is 257 g/mol. The van der Waals surface area contributed by atoms with Gasteiger partial charge in [0.1, 0.15) is 5.75 Å². The van der Waals surface area contributed by atoms with Gasteiger partial charge >= 0.3 is 0 Å². The highest BCUT2D eigenvalue weighted by atomic mass is 79.9. The Morgan fingerprint density at radius 1 is 1.50 bits per heavy atom. The Morgan fingerprint density at radius 2 is 2.29 bits per heavy atom. The molecule has 76 valence electrons. The number of primary amides is 1. The minimum atomic E-state index is -0.289. The molecule has 0 aliphatic heterocycles. The standard InChI is InChI=1S/C10H12BrNO2/c11-8-3-1-4-9(7-8)14-6-2-5-10(12)13/h1,3-4,7H,2,5-6H2,(H2,12,13). The Kier molecular flexibility index (Phi) is 4.46. The van der Waals surface area contributed by atoms with Crippen molar-refractivity contribution < 1.29 is 9.53 Å². The zero-order valence-corrected chi connectivity index (χ0v) is 9.29. The second kappa shape index (κ2) is 5.65. The summed E-state index contributed by atoms with van der Waals surface area (Å²) in [5.74, 6) is 0.506. The molecule has 0 aliphatic rings. The zero-order chi connectivity index (χ0) is 10.4. The number of amides is 1. The summed E-state index contributed by atoms with van der Waals surface area (Å²) in [4.78, 5) is 10.4. The van der Waals surface area contributed by atoms with Gasteiger partial charge in [-0.1, -0.05) is 22.0 Å². The summed E-state index contributed by atoms with van der Waals surface area (Å²) in [5, 5.41) is 0. The van der Waals surface area contributed by atoms with Crippen LogP contribution in [0.4, 0.5) is 0 Å². The molecule has 0 unspecified atom stereocenters. The Bertz CT molecular complexity index is 315. The van der Waals surface area contributed by atoms with Crippen molar-refractivity contribution in [3.05, 3.63) is 28.7 Å². The average Bonchev–Trinajstić information content (AvgIpc) is 2.12. The third-order valence-electron chi connectivity index (χ3n) is 1.63. The van der Waals surface area contributed by atoms with Crippen LogP contribution in [0, 0.1) is 0 Å². The molecule has 1 aromatic rings. The van der Waals surface area contributed by atoms with E-state index < -0.39 is 0 Å². The summed E-state index contributed by atoms with van der Waals surface area (Å²) in [7, 11) is 0. The Balaban J connectivity index is 2.28. The predicted octanol–water partition coefficient (Wildman–Crippen LogP) is 2.09. The van der Waals surface area contributed by atoms with Gasteiger partial charge < -0.3 is 10.5 Å². The number of benzene rings is 1. The molecule has 0 atom stereocenters. The van der Waals surface area contributed by atoms with Crippen molar-refractivity contribution in [3.8, 4) is 5.75 Å². The van der Waals surface area contributed by atoms with E-state index in [0.29, 0.717) is 19.4 Å². The van der Waals surface area contributed by atoms with Gasteiger partial charge in [-0.2, -0.15) is 0 Å². The van der Waals surface area contributed by atoms with Gasteiger partial charge in [0.2, 0.25) is 5.91 Å². The number of nitrogens with two attached hydrogens (primary N) is 1. The first-order valence-electron chi connectivity index (χ1n) is 4.35. The number of carbonyl (C=O) groups excluding carboxylic acids is 1. The fourth-order valence-electron chi connectivity index (χ4n) is 0.993. The van der Waals surface area contributed by atoms with Crippen LogP contribution in [0.15, 0.2) is 28.7 Å². The quantitative estimate of drug-likeness (QED) is 0.822. The van der Waals surface area contributed by atoms with Gasteiger partial charge in [0.25, 0.3) is 0 Å². The van der Waals surface area contributed by atoms with E-state index in [4.69, 9.17) is 10.5 Å².